The average Bonchev–Trinajstić information content (AvgIpc) is 3.90. The fourth-order valence-corrected chi connectivity index (χ4v) is 11.1. The lowest BCUT2D eigenvalue weighted by atomic mass is 9.79. The van der Waals surface area contributed by atoms with Crippen molar-refractivity contribution in [3.05, 3.63) is 254 Å². The molecule has 1 heterocycles. The summed E-state index contributed by atoms with van der Waals surface area (Å²) in [5.74, 6) is 0.925. The molecule has 0 bridgehead atoms. The lowest BCUT2D eigenvalue weighted by molar-refractivity contribution is 0.661. The Morgan fingerprint density at radius 1 is 0.324 bits per heavy atom. The summed E-state index contributed by atoms with van der Waals surface area (Å²) in [5, 5.41) is 4.97. The number of benzene rings is 11. The van der Waals surface area contributed by atoms with Gasteiger partial charge in [-0.3, -0.25) is 4.57 Å². The molecular weight excluding hydrogens is 821 g/mol. The van der Waals surface area contributed by atoms with Crippen LogP contribution < -0.4 is 0 Å². The van der Waals surface area contributed by atoms with Gasteiger partial charge in [-0.2, -0.15) is 0 Å². The molecule has 0 aliphatic heterocycles. The summed E-state index contributed by atoms with van der Waals surface area (Å²) >= 11 is 0. The van der Waals surface area contributed by atoms with Gasteiger partial charge < -0.3 is 0 Å². The van der Waals surface area contributed by atoms with Crippen LogP contribution in [0.25, 0.3) is 116 Å². The van der Waals surface area contributed by atoms with E-state index >= 15 is 0 Å². The SMILES string of the molecule is CC1(C)c2ccccc2-c2cc3c(-c4cccc(-c5ccccc5)c4)c4ccc(-c5ccc(-c6nc7ccccc7n6-c6ccccc6)cc5)cc4c(-c4cccc(-c5ccccc5)c4)c3cc21. The van der Waals surface area contributed by atoms with Crippen LogP contribution in [-0.4, -0.2) is 9.55 Å². The first-order valence-corrected chi connectivity index (χ1v) is 23.6. The van der Waals surface area contributed by atoms with Gasteiger partial charge in [0.15, 0.2) is 0 Å². The lowest BCUT2D eigenvalue weighted by Gasteiger charge is -2.24. The number of fused-ring (bicyclic) bond motifs is 6. The van der Waals surface area contributed by atoms with Crippen molar-refractivity contribution in [1.29, 1.82) is 0 Å². The van der Waals surface area contributed by atoms with E-state index in [0.717, 1.165) is 33.7 Å². The van der Waals surface area contributed by atoms with Gasteiger partial charge in [-0.05, 0) is 154 Å². The molecule has 12 aromatic rings. The summed E-state index contributed by atoms with van der Waals surface area (Å²) < 4.78 is 2.27. The Balaban J connectivity index is 1.07. The highest BCUT2D eigenvalue weighted by Crippen LogP contribution is 2.54. The largest absolute Gasteiger partial charge is 0.292 e. The molecule has 1 aromatic heterocycles. The van der Waals surface area contributed by atoms with E-state index in [1.54, 1.807) is 0 Å². The molecule has 11 aromatic carbocycles. The minimum atomic E-state index is -0.170. The molecule has 0 N–H and O–H groups in total. The summed E-state index contributed by atoms with van der Waals surface area (Å²) in [6.45, 7) is 4.78. The standard InChI is InChI=1S/C66H46N2/c1-66(2)59-29-13-12-28-53(59)55-41-57-58(42-60(55)66)64(51-25-17-23-48(39-51)44-20-8-4-9-21-44)56-40-49(36-37-54(56)63(57)50-24-16-22-47(38-50)43-18-6-3-7-19-43)45-32-34-46(35-33-45)65-67-61-30-14-15-31-62(61)68(65)52-26-10-5-11-27-52/h3-42H,1-2H3. The fraction of sp³-hybridized carbons (Fsp3) is 0.0455. The third-order valence-electron chi connectivity index (χ3n) is 14.4. The number of hydrogen-bond donors (Lipinski definition) is 0. The molecule has 0 saturated heterocycles. The van der Waals surface area contributed by atoms with E-state index in [1.807, 2.05) is 0 Å². The van der Waals surface area contributed by atoms with E-state index in [1.165, 1.54) is 93.9 Å². The van der Waals surface area contributed by atoms with E-state index in [-0.39, 0.29) is 5.41 Å². The maximum Gasteiger partial charge on any atom is 0.145 e. The van der Waals surface area contributed by atoms with Crippen molar-refractivity contribution in [2.45, 2.75) is 19.3 Å². The van der Waals surface area contributed by atoms with Gasteiger partial charge in [0.25, 0.3) is 0 Å². The van der Waals surface area contributed by atoms with Crippen LogP contribution in [0.5, 0.6) is 0 Å². The molecular formula is C66H46N2. The Labute approximate surface area is 397 Å². The Kier molecular flexibility index (Phi) is 9.23. The summed E-state index contributed by atoms with van der Waals surface area (Å²) in [5.41, 5.74) is 21.5. The minimum absolute atomic E-state index is 0.170. The van der Waals surface area contributed by atoms with Gasteiger partial charge in [0.1, 0.15) is 5.82 Å². The summed E-state index contributed by atoms with van der Waals surface area (Å²) in [4.78, 5) is 5.18. The monoisotopic (exact) mass is 866 g/mol. The minimum Gasteiger partial charge on any atom is -0.292 e. The average molecular weight is 867 g/mol. The van der Waals surface area contributed by atoms with Crippen LogP contribution >= 0.6 is 0 Å². The molecule has 0 atom stereocenters. The van der Waals surface area contributed by atoms with Gasteiger partial charge >= 0.3 is 0 Å². The highest BCUT2D eigenvalue weighted by Gasteiger charge is 2.36. The third-order valence-corrected chi connectivity index (χ3v) is 14.4. The smallest absolute Gasteiger partial charge is 0.145 e. The maximum absolute atomic E-state index is 5.18. The molecule has 13 rings (SSSR count). The predicted molar refractivity (Wildman–Crippen MR) is 286 cm³/mol. The molecule has 0 radical (unpaired) electrons. The van der Waals surface area contributed by atoms with Crippen molar-refractivity contribution in [3.8, 4) is 83.8 Å². The van der Waals surface area contributed by atoms with E-state index in [2.05, 4.69) is 261 Å². The van der Waals surface area contributed by atoms with Gasteiger partial charge in [0.05, 0.1) is 11.0 Å². The summed E-state index contributed by atoms with van der Waals surface area (Å²) in [7, 11) is 0. The Hall–Kier alpha value is -8.59. The van der Waals surface area contributed by atoms with E-state index in [9.17, 15) is 0 Å². The molecule has 320 valence electrons. The van der Waals surface area contributed by atoms with Crippen molar-refractivity contribution >= 4 is 32.6 Å². The van der Waals surface area contributed by atoms with Crippen molar-refractivity contribution in [2.75, 3.05) is 0 Å². The molecule has 0 unspecified atom stereocenters. The highest BCUT2D eigenvalue weighted by atomic mass is 15.1. The highest BCUT2D eigenvalue weighted by molar-refractivity contribution is 6.23. The Bertz CT molecular complexity index is 3900. The summed E-state index contributed by atoms with van der Waals surface area (Å²) in [6, 6.07) is 89.0. The van der Waals surface area contributed by atoms with Crippen molar-refractivity contribution in [1.82, 2.24) is 9.55 Å². The van der Waals surface area contributed by atoms with Crippen molar-refractivity contribution < 1.29 is 0 Å². The van der Waals surface area contributed by atoms with E-state index < -0.39 is 0 Å². The number of aromatic nitrogens is 2. The molecule has 2 heteroatoms. The van der Waals surface area contributed by atoms with Crippen LogP contribution in [0.1, 0.15) is 25.0 Å². The van der Waals surface area contributed by atoms with Gasteiger partial charge in [-0.15, -0.1) is 0 Å². The first kappa shape index (κ1) is 39.7. The zero-order chi connectivity index (χ0) is 45.3. The van der Waals surface area contributed by atoms with Gasteiger partial charge in [-0.1, -0.05) is 202 Å². The molecule has 68 heavy (non-hydrogen) atoms. The number of hydrogen-bond acceptors (Lipinski definition) is 1. The van der Waals surface area contributed by atoms with Gasteiger partial charge in [0.2, 0.25) is 0 Å². The Morgan fingerprint density at radius 2 is 0.809 bits per heavy atom. The van der Waals surface area contributed by atoms with Crippen molar-refractivity contribution in [3.63, 3.8) is 0 Å². The topological polar surface area (TPSA) is 17.8 Å². The van der Waals surface area contributed by atoms with Crippen molar-refractivity contribution in [2.24, 2.45) is 0 Å². The second-order valence-electron chi connectivity index (χ2n) is 18.7. The maximum atomic E-state index is 5.18. The molecule has 0 amide bonds. The number of rotatable bonds is 7. The zero-order valence-corrected chi connectivity index (χ0v) is 38.0. The molecule has 0 fully saturated rings. The van der Waals surface area contributed by atoms with E-state index in [4.69, 9.17) is 4.98 Å². The second kappa shape index (κ2) is 15.8. The van der Waals surface area contributed by atoms with Crippen LogP contribution in [-0.2, 0) is 5.41 Å². The first-order chi connectivity index (χ1) is 33.5. The molecule has 2 nitrogen and oxygen atoms in total. The van der Waals surface area contributed by atoms with Gasteiger partial charge in [-0.25, -0.2) is 4.98 Å². The first-order valence-electron chi connectivity index (χ1n) is 23.6. The molecule has 0 saturated carbocycles. The number of para-hydroxylation sites is 3. The van der Waals surface area contributed by atoms with Crippen LogP contribution in [0.15, 0.2) is 243 Å². The van der Waals surface area contributed by atoms with Crippen LogP contribution in [0.3, 0.4) is 0 Å². The molecule has 1 aliphatic rings. The number of imidazole rings is 1. The normalized spacial score (nSPS) is 12.7. The third kappa shape index (κ3) is 6.44. The molecule has 1 aliphatic carbocycles. The predicted octanol–water partition coefficient (Wildman–Crippen LogP) is 17.6. The number of nitrogens with zero attached hydrogens (tertiary/aromatic N) is 2. The van der Waals surface area contributed by atoms with Crippen LogP contribution in [0.4, 0.5) is 0 Å². The van der Waals surface area contributed by atoms with Gasteiger partial charge in [0, 0.05) is 16.7 Å². The summed E-state index contributed by atoms with van der Waals surface area (Å²) in [6.07, 6.45) is 0. The quantitative estimate of drug-likeness (QED) is 0.146. The molecule has 0 spiro atoms. The second-order valence-corrected chi connectivity index (χ2v) is 18.7. The zero-order valence-electron chi connectivity index (χ0n) is 38.0. The fourth-order valence-electron chi connectivity index (χ4n) is 11.1. The Morgan fingerprint density at radius 3 is 1.50 bits per heavy atom. The van der Waals surface area contributed by atoms with Crippen LogP contribution in [0, 0.1) is 0 Å². The lowest BCUT2D eigenvalue weighted by Crippen LogP contribution is -2.14. The van der Waals surface area contributed by atoms with Crippen LogP contribution in [0.2, 0.25) is 0 Å². The van der Waals surface area contributed by atoms with E-state index in [0.29, 0.717) is 0 Å².